The fourth-order valence-corrected chi connectivity index (χ4v) is 3.95. The van der Waals surface area contributed by atoms with E-state index in [1.807, 2.05) is 42.5 Å². The molecule has 0 fully saturated rings. The van der Waals surface area contributed by atoms with Crippen molar-refractivity contribution < 1.29 is 4.42 Å². The number of para-hydroxylation sites is 1. The Hall–Kier alpha value is -2.98. The van der Waals surface area contributed by atoms with Gasteiger partial charge in [0.1, 0.15) is 5.52 Å². The second-order valence-electron chi connectivity index (χ2n) is 5.94. The van der Waals surface area contributed by atoms with Crippen molar-refractivity contribution in [2.45, 2.75) is 6.42 Å². The molecule has 0 radical (unpaired) electrons. The zero-order valence-electron chi connectivity index (χ0n) is 13.3. The Morgan fingerprint density at radius 2 is 1.64 bits per heavy atom. The molecule has 0 aliphatic heterocycles. The molecule has 0 saturated heterocycles. The van der Waals surface area contributed by atoms with E-state index in [9.17, 15) is 0 Å². The molecule has 0 aliphatic rings. The van der Waals surface area contributed by atoms with E-state index in [-0.39, 0.29) is 0 Å². The van der Waals surface area contributed by atoms with Crippen molar-refractivity contribution in [1.82, 2.24) is 9.97 Å². The fraction of sp³-hybridized carbons (Fsp3) is 0.0476. The molecule has 5 aromatic rings. The minimum absolute atomic E-state index is 0.660. The van der Waals surface area contributed by atoms with Crippen LogP contribution < -0.4 is 0 Å². The molecule has 2 aromatic heterocycles. The first-order chi connectivity index (χ1) is 12.3. The first kappa shape index (κ1) is 14.4. The summed E-state index contributed by atoms with van der Waals surface area (Å²) in [4.78, 5) is 9.30. The minimum Gasteiger partial charge on any atom is -0.436 e. The number of hydrogen-bond acceptors (Lipinski definition) is 4. The topological polar surface area (TPSA) is 38.9 Å². The van der Waals surface area contributed by atoms with Crippen LogP contribution in [0.1, 0.15) is 10.6 Å². The van der Waals surface area contributed by atoms with Crippen LogP contribution in [0.25, 0.3) is 32.8 Å². The maximum absolute atomic E-state index is 5.96. The molecule has 0 unspecified atom stereocenters. The highest BCUT2D eigenvalue weighted by Crippen LogP contribution is 2.27. The number of fused-ring (bicyclic) bond motifs is 2. The lowest BCUT2D eigenvalue weighted by Crippen LogP contribution is -1.86. The Balaban J connectivity index is 1.49. The average Bonchev–Trinajstić information content (AvgIpc) is 3.25. The van der Waals surface area contributed by atoms with E-state index < -0.39 is 0 Å². The smallest absolute Gasteiger partial charge is 0.227 e. The first-order valence-electron chi connectivity index (χ1n) is 8.14. The monoisotopic (exact) mass is 342 g/mol. The van der Waals surface area contributed by atoms with Gasteiger partial charge in [-0.3, -0.25) is 0 Å². The number of hydrogen-bond donors (Lipinski definition) is 0. The summed E-state index contributed by atoms with van der Waals surface area (Å²) in [6.45, 7) is 0. The fourth-order valence-electron chi connectivity index (χ4n) is 2.95. The first-order valence-corrected chi connectivity index (χ1v) is 8.96. The lowest BCUT2D eigenvalue weighted by atomic mass is 10.1. The van der Waals surface area contributed by atoms with Gasteiger partial charge in [-0.05, 0) is 42.0 Å². The van der Waals surface area contributed by atoms with Crippen LogP contribution in [0.4, 0.5) is 0 Å². The SMILES string of the molecule is c1ccc(-c2nc3ccc(Cc4nc5ccccc5s4)cc3o2)cc1. The molecule has 5 rings (SSSR count). The van der Waals surface area contributed by atoms with Gasteiger partial charge in [0, 0.05) is 12.0 Å². The molecule has 4 heteroatoms. The Morgan fingerprint density at radius 1 is 0.800 bits per heavy atom. The van der Waals surface area contributed by atoms with Crippen LogP contribution in [-0.2, 0) is 6.42 Å². The maximum Gasteiger partial charge on any atom is 0.227 e. The van der Waals surface area contributed by atoms with E-state index in [0.29, 0.717) is 5.89 Å². The number of oxazole rings is 1. The van der Waals surface area contributed by atoms with Crippen molar-refractivity contribution in [3.05, 3.63) is 83.4 Å². The van der Waals surface area contributed by atoms with Crippen LogP contribution in [-0.4, -0.2) is 9.97 Å². The predicted molar refractivity (Wildman–Crippen MR) is 102 cm³/mol. The highest BCUT2D eigenvalue weighted by atomic mass is 32.1. The number of nitrogens with zero attached hydrogens (tertiary/aromatic N) is 2. The molecule has 0 saturated carbocycles. The number of rotatable bonds is 3. The summed E-state index contributed by atoms with van der Waals surface area (Å²) in [6, 6.07) is 24.4. The average molecular weight is 342 g/mol. The second kappa shape index (κ2) is 5.83. The molecule has 0 bridgehead atoms. The van der Waals surface area contributed by atoms with E-state index in [4.69, 9.17) is 9.40 Å². The summed E-state index contributed by atoms with van der Waals surface area (Å²) in [5, 5.41) is 1.11. The van der Waals surface area contributed by atoms with E-state index in [1.54, 1.807) is 11.3 Å². The third kappa shape index (κ3) is 2.71. The summed E-state index contributed by atoms with van der Waals surface area (Å²) in [6.07, 6.45) is 0.802. The van der Waals surface area contributed by atoms with Gasteiger partial charge in [-0.2, -0.15) is 0 Å². The van der Waals surface area contributed by atoms with Gasteiger partial charge in [0.15, 0.2) is 5.58 Å². The van der Waals surface area contributed by atoms with Gasteiger partial charge in [0.25, 0.3) is 0 Å². The Morgan fingerprint density at radius 3 is 2.52 bits per heavy atom. The van der Waals surface area contributed by atoms with Gasteiger partial charge >= 0.3 is 0 Å². The van der Waals surface area contributed by atoms with Crippen LogP contribution in [0.15, 0.2) is 77.2 Å². The van der Waals surface area contributed by atoms with Gasteiger partial charge in [0.05, 0.1) is 15.2 Å². The maximum atomic E-state index is 5.96. The largest absolute Gasteiger partial charge is 0.436 e. The van der Waals surface area contributed by atoms with E-state index in [2.05, 4.69) is 35.3 Å². The Bertz CT molecular complexity index is 1140. The summed E-state index contributed by atoms with van der Waals surface area (Å²) in [5.74, 6) is 0.660. The van der Waals surface area contributed by atoms with Crippen molar-refractivity contribution in [3.63, 3.8) is 0 Å². The Labute approximate surface area is 148 Å². The van der Waals surface area contributed by atoms with Gasteiger partial charge in [-0.25, -0.2) is 9.97 Å². The zero-order chi connectivity index (χ0) is 16.6. The van der Waals surface area contributed by atoms with Crippen molar-refractivity contribution in [2.75, 3.05) is 0 Å². The van der Waals surface area contributed by atoms with E-state index in [0.717, 1.165) is 33.6 Å². The molecule has 120 valence electrons. The summed E-state index contributed by atoms with van der Waals surface area (Å²) in [5.41, 5.74) is 4.94. The van der Waals surface area contributed by atoms with Gasteiger partial charge in [-0.1, -0.05) is 36.4 Å². The van der Waals surface area contributed by atoms with Gasteiger partial charge < -0.3 is 4.42 Å². The lowest BCUT2D eigenvalue weighted by Gasteiger charge is -1.97. The lowest BCUT2D eigenvalue weighted by molar-refractivity contribution is 0.619. The zero-order valence-corrected chi connectivity index (χ0v) is 14.2. The van der Waals surface area contributed by atoms with Crippen LogP contribution in [0.5, 0.6) is 0 Å². The van der Waals surface area contributed by atoms with Gasteiger partial charge in [0.2, 0.25) is 5.89 Å². The second-order valence-corrected chi connectivity index (χ2v) is 7.05. The highest BCUT2D eigenvalue weighted by Gasteiger charge is 2.10. The third-order valence-corrected chi connectivity index (χ3v) is 5.20. The van der Waals surface area contributed by atoms with Crippen molar-refractivity contribution >= 4 is 32.7 Å². The molecule has 2 heterocycles. The number of aromatic nitrogens is 2. The van der Waals surface area contributed by atoms with Crippen molar-refractivity contribution in [3.8, 4) is 11.5 Å². The van der Waals surface area contributed by atoms with Crippen LogP contribution in [0.2, 0.25) is 0 Å². The molecule has 0 amide bonds. The normalized spacial score (nSPS) is 11.4. The van der Waals surface area contributed by atoms with Gasteiger partial charge in [-0.15, -0.1) is 11.3 Å². The molecular formula is C21H14N2OS. The summed E-state index contributed by atoms with van der Waals surface area (Å²) >= 11 is 1.74. The predicted octanol–water partition coefficient (Wildman–Crippen LogP) is 5.70. The molecule has 0 spiro atoms. The standard InChI is InChI=1S/C21H14N2OS/c1-2-6-15(7-3-1)21-23-16-11-10-14(12-18(16)24-21)13-20-22-17-8-4-5-9-19(17)25-20/h1-12H,13H2. The molecule has 0 aliphatic carbocycles. The van der Waals surface area contributed by atoms with Crippen LogP contribution in [0.3, 0.4) is 0 Å². The Kier molecular flexibility index (Phi) is 3.35. The van der Waals surface area contributed by atoms with Crippen LogP contribution >= 0.6 is 11.3 Å². The van der Waals surface area contributed by atoms with E-state index >= 15 is 0 Å². The van der Waals surface area contributed by atoms with Crippen molar-refractivity contribution in [1.29, 1.82) is 0 Å². The molecule has 0 atom stereocenters. The quantitative estimate of drug-likeness (QED) is 0.422. The molecule has 0 N–H and O–H groups in total. The third-order valence-electron chi connectivity index (χ3n) is 4.17. The number of thiazole rings is 1. The molecular weight excluding hydrogens is 328 g/mol. The molecule has 25 heavy (non-hydrogen) atoms. The summed E-state index contributed by atoms with van der Waals surface area (Å²) in [7, 11) is 0. The minimum atomic E-state index is 0.660. The molecule has 3 aromatic carbocycles. The number of benzene rings is 3. The highest BCUT2D eigenvalue weighted by molar-refractivity contribution is 7.18. The summed E-state index contributed by atoms with van der Waals surface area (Å²) < 4.78 is 7.19. The van der Waals surface area contributed by atoms with Crippen molar-refractivity contribution in [2.24, 2.45) is 0 Å². The molecule has 3 nitrogen and oxygen atoms in total. The van der Waals surface area contributed by atoms with Crippen LogP contribution in [0, 0.1) is 0 Å². The van der Waals surface area contributed by atoms with E-state index in [1.165, 1.54) is 10.3 Å².